The maximum atomic E-state index is 9.72. The number of hydrogen-bond donors (Lipinski definition) is 2. The third-order valence-corrected chi connectivity index (χ3v) is 2.47. The predicted molar refractivity (Wildman–Crippen MR) is 70.9 cm³/mol. The van der Waals surface area contributed by atoms with Gasteiger partial charge in [-0.1, -0.05) is 24.3 Å². The zero-order valence-corrected chi connectivity index (χ0v) is 10.6. The second kappa shape index (κ2) is 5.34. The number of aliphatic hydroxyl groups is 1. The van der Waals surface area contributed by atoms with Crippen LogP contribution in [0.4, 0.5) is 0 Å². The number of rotatable bonds is 3. The predicted octanol–water partition coefficient (Wildman–Crippen LogP) is 2.23. The number of phenolic OH excluding ortho intramolecular Hbond substituents is 1. The van der Waals surface area contributed by atoms with Crippen molar-refractivity contribution in [2.75, 3.05) is 0 Å². The topological polar surface area (TPSA) is 84.1 Å². The highest BCUT2D eigenvalue weighted by atomic mass is 16.3. The van der Waals surface area contributed by atoms with Gasteiger partial charge >= 0.3 is 0 Å². The normalized spacial score (nSPS) is 12.7. The lowest BCUT2D eigenvalue weighted by Gasteiger charge is -2.00. The van der Waals surface area contributed by atoms with Crippen LogP contribution < -0.4 is 0 Å². The number of aliphatic hydroxyl groups excluding tert-OH is 1. The second-order valence-electron chi connectivity index (χ2n) is 3.89. The lowest BCUT2D eigenvalue weighted by molar-refractivity contribution is 0.417. The molecule has 0 radical (unpaired) electrons. The Morgan fingerprint density at radius 1 is 1.32 bits per heavy atom. The van der Waals surface area contributed by atoms with Gasteiger partial charge in [0.05, 0.1) is 5.57 Å². The number of aromatic hydroxyl groups is 1. The van der Waals surface area contributed by atoms with Gasteiger partial charge in [-0.15, -0.1) is 15.0 Å². The summed E-state index contributed by atoms with van der Waals surface area (Å²) >= 11 is 0. The quantitative estimate of drug-likeness (QED) is 0.651. The minimum absolute atomic E-state index is 0.0590. The molecular formula is C13H14N4O2. The van der Waals surface area contributed by atoms with Gasteiger partial charge in [0.2, 0.25) is 5.82 Å². The number of nitrogens with zero attached hydrogens (tertiary/aromatic N) is 4. The summed E-state index contributed by atoms with van der Waals surface area (Å²) in [6.45, 7) is 3.38. The molecule has 1 aromatic heterocycles. The number of allylic oxidation sites excluding steroid dienone is 4. The first kappa shape index (κ1) is 12.8. The van der Waals surface area contributed by atoms with E-state index in [4.69, 9.17) is 0 Å². The maximum Gasteiger partial charge on any atom is 0.208 e. The van der Waals surface area contributed by atoms with Crippen molar-refractivity contribution in [1.82, 2.24) is 20.2 Å². The first-order chi connectivity index (χ1) is 9.13. The highest BCUT2D eigenvalue weighted by molar-refractivity contribution is 5.70. The Kier molecular flexibility index (Phi) is 3.61. The summed E-state index contributed by atoms with van der Waals surface area (Å²) in [5, 5.41) is 31.2. The Labute approximate surface area is 110 Å². The summed E-state index contributed by atoms with van der Waals surface area (Å²) < 4.78 is 0. The van der Waals surface area contributed by atoms with Crippen LogP contribution >= 0.6 is 0 Å². The molecule has 0 saturated carbocycles. The van der Waals surface area contributed by atoms with Gasteiger partial charge in [-0.3, -0.25) is 0 Å². The molecule has 6 heteroatoms. The maximum absolute atomic E-state index is 9.72. The molecule has 0 bridgehead atoms. The van der Waals surface area contributed by atoms with Crippen molar-refractivity contribution in [2.45, 2.75) is 13.8 Å². The summed E-state index contributed by atoms with van der Waals surface area (Å²) in [4.78, 5) is 1.22. The highest BCUT2D eigenvalue weighted by Gasteiger charge is 2.12. The summed E-state index contributed by atoms with van der Waals surface area (Å²) in [7, 11) is 0. The molecule has 98 valence electrons. The third kappa shape index (κ3) is 2.62. The van der Waals surface area contributed by atoms with Crippen LogP contribution in [0.3, 0.4) is 0 Å². The van der Waals surface area contributed by atoms with E-state index >= 15 is 0 Å². The summed E-state index contributed by atoms with van der Waals surface area (Å²) in [5.41, 5.74) is 0.917. The fraction of sp³-hybridized carbons (Fsp3) is 0.154. The van der Waals surface area contributed by atoms with Crippen molar-refractivity contribution < 1.29 is 10.2 Å². The molecule has 0 saturated heterocycles. The molecule has 2 rings (SSSR count). The first-order valence-corrected chi connectivity index (χ1v) is 5.74. The van der Waals surface area contributed by atoms with E-state index in [1.165, 1.54) is 4.80 Å². The van der Waals surface area contributed by atoms with Crippen LogP contribution in [-0.2, 0) is 0 Å². The molecular weight excluding hydrogens is 244 g/mol. The average molecular weight is 258 g/mol. The monoisotopic (exact) mass is 258 g/mol. The first-order valence-electron chi connectivity index (χ1n) is 5.74. The van der Waals surface area contributed by atoms with Crippen LogP contribution in [0.5, 0.6) is 5.75 Å². The van der Waals surface area contributed by atoms with Gasteiger partial charge in [0.15, 0.2) is 0 Å². The lowest BCUT2D eigenvalue weighted by atomic mass is 10.2. The molecule has 0 aliphatic heterocycles. The van der Waals surface area contributed by atoms with E-state index in [0.717, 1.165) is 0 Å². The molecule has 0 atom stereocenters. The molecule has 0 aliphatic rings. The van der Waals surface area contributed by atoms with Crippen molar-refractivity contribution in [3.63, 3.8) is 0 Å². The highest BCUT2D eigenvalue weighted by Crippen LogP contribution is 2.20. The van der Waals surface area contributed by atoms with Crippen LogP contribution in [-0.4, -0.2) is 30.4 Å². The fourth-order valence-electron chi connectivity index (χ4n) is 1.58. The summed E-state index contributed by atoms with van der Waals surface area (Å²) in [6.07, 6.45) is 3.47. The molecule has 0 unspecified atom stereocenters. The van der Waals surface area contributed by atoms with Crippen molar-refractivity contribution in [3.8, 4) is 11.4 Å². The van der Waals surface area contributed by atoms with E-state index in [0.29, 0.717) is 17.1 Å². The number of phenols is 1. The SMILES string of the molecule is C/C=C\C(=C(/C)O)c1nnn(-c2ccccc2O)n1. The summed E-state index contributed by atoms with van der Waals surface area (Å²) in [6, 6.07) is 6.68. The largest absolute Gasteiger partial charge is 0.512 e. The van der Waals surface area contributed by atoms with E-state index in [9.17, 15) is 10.2 Å². The molecule has 1 heterocycles. The van der Waals surface area contributed by atoms with Crippen molar-refractivity contribution in [3.05, 3.63) is 48.0 Å². The standard InChI is InChI=1S/C13H14N4O2/c1-3-6-10(9(2)18)13-14-16-17(15-13)11-7-4-5-8-12(11)19/h3-8,18-19H,1-2H3/b6-3-,10-9-. The molecule has 1 aromatic carbocycles. The Balaban J connectivity index is 2.45. The van der Waals surface area contributed by atoms with E-state index in [1.54, 1.807) is 43.3 Å². The van der Waals surface area contributed by atoms with Gasteiger partial charge in [-0.25, -0.2) is 0 Å². The minimum atomic E-state index is 0.0590. The van der Waals surface area contributed by atoms with Crippen LogP contribution in [0.15, 0.2) is 42.2 Å². The van der Waals surface area contributed by atoms with Gasteiger partial charge in [-0.05, 0) is 31.2 Å². The lowest BCUT2D eigenvalue weighted by Crippen LogP contribution is -1.99. The van der Waals surface area contributed by atoms with E-state index in [2.05, 4.69) is 15.4 Å². The Morgan fingerprint density at radius 3 is 2.68 bits per heavy atom. The molecule has 2 N–H and O–H groups in total. The van der Waals surface area contributed by atoms with Crippen LogP contribution in [0.2, 0.25) is 0 Å². The smallest absolute Gasteiger partial charge is 0.208 e. The van der Waals surface area contributed by atoms with Gasteiger partial charge < -0.3 is 10.2 Å². The van der Waals surface area contributed by atoms with Gasteiger partial charge in [-0.2, -0.15) is 0 Å². The molecule has 0 spiro atoms. The average Bonchev–Trinajstić information content (AvgIpc) is 2.85. The summed E-state index contributed by atoms with van der Waals surface area (Å²) in [5.74, 6) is 0.458. The molecule has 6 nitrogen and oxygen atoms in total. The number of tetrazole rings is 1. The molecule has 0 amide bonds. The molecule has 19 heavy (non-hydrogen) atoms. The Morgan fingerprint density at radius 2 is 2.05 bits per heavy atom. The number of benzene rings is 1. The van der Waals surface area contributed by atoms with Crippen LogP contribution in [0.1, 0.15) is 19.7 Å². The van der Waals surface area contributed by atoms with Gasteiger partial charge in [0.25, 0.3) is 0 Å². The van der Waals surface area contributed by atoms with Crippen molar-refractivity contribution in [2.24, 2.45) is 0 Å². The zero-order chi connectivity index (χ0) is 13.8. The van der Waals surface area contributed by atoms with E-state index in [1.807, 2.05) is 6.92 Å². The van der Waals surface area contributed by atoms with E-state index < -0.39 is 0 Å². The number of hydrogen-bond acceptors (Lipinski definition) is 5. The molecule has 0 fully saturated rings. The molecule has 0 aliphatic carbocycles. The van der Waals surface area contributed by atoms with Gasteiger partial charge in [0.1, 0.15) is 17.2 Å². The molecule has 2 aromatic rings. The van der Waals surface area contributed by atoms with Crippen LogP contribution in [0.25, 0.3) is 11.3 Å². The van der Waals surface area contributed by atoms with Gasteiger partial charge in [0, 0.05) is 0 Å². The number of aromatic nitrogens is 4. The number of para-hydroxylation sites is 2. The minimum Gasteiger partial charge on any atom is -0.512 e. The van der Waals surface area contributed by atoms with E-state index in [-0.39, 0.29) is 11.5 Å². The second-order valence-corrected chi connectivity index (χ2v) is 3.89. The van der Waals surface area contributed by atoms with Crippen molar-refractivity contribution >= 4 is 5.57 Å². The third-order valence-electron chi connectivity index (χ3n) is 2.47. The fourth-order valence-corrected chi connectivity index (χ4v) is 1.58. The van der Waals surface area contributed by atoms with Crippen LogP contribution in [0, 0.1) is 0 Å². The Bertz CT molecular complexity index is 640. The zero-order valence-electron chi connectivity index (χ0n) is 10.6. The Hall–Kier alpha value is -2.63. The van der Waals surface area contributed by atoms with Crippen molar-refractivity contribution in [1.29, 1.82) is 0 Å².